The number of rotatable bonds is 0. The van der Waals surface area contributed by atoms with Gasteiger partial charge in [-0.15, -0.1) is 0 Å². The zero-order chi connectivity index (χ0) is 19.8. The zero-order valence-corrected chi connectivity index (χ0v) is 13.8. The summed E-state index contributed by atoms with van der Waals surface area (Å²) in [5, 5.41) is 19.6. The standard InChI is InChI=1S/C20H9F3O5/c21-12-7-13(22)18(23)16-17(12)20(28-19(16)26)10-3-1-8(24)5-14(10)27-15-6-9(25)2-4-11(15)20/h1-7,24-25H. The molecule has 140 valence electrons. The van der Waals surface area contributed by atoms with E-state index in [0.29, 0.717) is 6.07 Å². The van der Waals surface area contributed by atoms with E-state index in [0.717, 1.165) is 0 Å². The molecule has 0 aliphatic carbocycles. The maximum absolute atomic E-state index is 14.9. The normalized spacial score (nSPS) is 15.5. The van der Waals surface area contributed by atoms with Crippen molar-refractivity contribution < 1.29 is 37.7 Å². The maximum atomic E-state index is 14.9. The van der Waals surface area contributed by atoms with Crippen molar-refractivity contribution in [3.63, 3.8) is 0 Å². The monoisotopic (exact) mass is 386 g/mol. The lowest BCUT2D eigenvalue weighted by atomic mass is 9.77. The highest BCUT2D eigenvalue weighted by atomic mass is 19.2. The van der Waals surface area contributed by atoms with Gasteiger partial charge in [-0.05, 0) is 24.3 Å². The second-order valence-corrected chi connectivity index (χ2v) is 6.44. The van der Waals surface area contributed by atoms with Gasteiger partial charge in [0.2, 0.25) is 0 Å². The molecule has 0 saturated heterocycles. The molecule has 2 aliphatic heterocycles. The summed E-state index contributed by atoms with van der Waals surface area (Å²) in [5.41, 5.74) is -3.10. The van der Waals surface area contributed by atoms with Crippen molar-refractivity contribution in [3.05, 3.63) is 82.2 Å². The van der Waals surface area contributed by atoms with Crippen molar-refractivity contribution in [3.8, 4) is 23.0 Å². The molecule has 2 aliphatic rings. The highest BCUT2D eigenvalue weighted by Crippen LogP contribution is 2.57. The van der Waals surface area contributed by atoms with E-state index in [1.807, 2.05) is 0 Å². The lowest BCUT2D eigenvalue weighted by Crippen LogP contribution is -2.33. The van der Waals surface area contributed by atoms with E-state index in [1.54, 1.807) is 0 Å². The number of aromatic hydroxyl groups is 2. The molecule has 8 heteroatoms. The third kappa shape index (κ3) is 1.89. The van der Waals surface area contributed by atoms with Gasteiger partial charge in [0, 0.05) is 29.3 Å². The number of phenols is 2. The van der Waals surface area contributed by atoms with Crippen LogP contribution in [-0.2, 0) is 10.3 Å². The van der Waals surface area contributed by atoms with E-state index in [2.05, 4.69) is 0 Å². The Labute approximate surface area is 155 Å². The third-order valence-electron chi connectivity index (χ3n) is 4.88. The summed E-state index contributed by atoms with van der Waals surface area (Å²) in [4.78, 5) is 12.5. The molecule has 0 saturated carbocycles. The fourth-order valence-electron chi connectivity index (χ4n) is 3.79. The second-order valence-electron chi connectivity index (χ2n) is 6.44. The molecule has 0 unspecified atom stereocenters. The van der Waals surface area contributed by atoms with Crippen molar-refractivity contribution in [1.82, 2.24) is 0 Å². The number of hydrogen-bond acceptors (Lipinski definition) is 5. The van der Waals surface area contributed by atoms with Gasteiger partial charge in [-0.25, -0.2) is 18.0 Å². The molecule has 3 aromatic rings. The summed E-state index contributed by atoms with van der Waals surface area (Å²) in [6, 6.07) is 7.94. The molecule has 3 aromatic carbocycles. The number of halogens is 3. The Balaban J connectivity index is 1.96. The molecule has 0 aromatic heterocycles. The van der Waals surface area contributed by atoms with Crippen molar-refractivity contribution in [2.24, 2.45) is 0 Å². The van der Waals surface area contributed by atoms with Crippen molar-refractivity contribution in [2.75, 3.05) is 0 Å². The smallest absolute Gasteiger partial charge is 0.343 e. The largest absolute Gasteiger partial charge is 0.508 e. The molecule has 2 N–H and O–H groups in total. The van der Waals surface area contributed by atoms with E-state index in [-0.39, 0.29) is 34.1 Å². The van der Waals surface area contributed by atoms with Crippen LogP contribution < -0.4 is 4.74 Å². The summed E-state index contributed by atoms with van der Waals surface area (Å²) in [6.07, 6.45) is 0. The van der Waals surface area contributed by atoms with Crippen LogP contribution in [0, 0.1) is 17.5 Å². The van der Waals surface area contributed by atoms with E-state index in [9.17, 15) is 28.2 Å². The van der Waals surface area contributed by atoms with Crippen LogP contribution in [-0.4, -0.2) is 16.2 Å². The maximum Gasteiger partial charge on any atom is 0.343 e. The highest BCUT2D eigenvalue weighted by molar-refractivity contribution is 5.97. The van der Waals surface area contributed by atoms with E-state index in [1.165, 1.54) is 36.4 Å². The summed E-state index contributed by atoms with van der Waals surface area (Å²) < 4.78 is 54.2. The first-order valence-electron chi connectivity index (χ1n) is 8.09. The number of hydrogen-bond donors (Lipinski definition) is 2. The number of esters is 1. The summed E-state index contributed by atoms with van der Waals surface area (Å²) >= 11 is 0. The molecule has 5 nitrogen and oxygen atoms in total. The van der Waals surface area contributed by atoms with Gasteiger partial charge in [0.1, 0.15) is 34.4 Å². The molecule has 0 bridgehead atoms. The zero-order valence-electron chi connectivity index (χ0n) is 13.8. The Kier molecular flexibility index (Phi) is 3.06. The fourth-order valence-corrected chi connectivity index (χ4v) is 3.79. The molecule has 28 heavy (non-hydrogen) atoms. The predicted octanol–water partition coefficient (Wildman–Crippen LogP) is 4.08. The summed E-state index contributed by atoms with van der Waals surface area (Å²) in [7, 11) is 0. The van der Waals surface area contributed by atoms with Crippen LogP contribution in [0.1, 0.15) is 27.0 Å². The van der Waals surface area contributed by atoms with E-state index >= 15 is 0 Å². The van der Waals surface area contributed by atoms with Gasteiger partial charge in [0.15, 0.2) is 17.2 Å². The number of carbonyl (C=O) groups excluding carboxylic acids is 1. The molecule has 2 heterocycles. The molecule has 5 rings (SSSR count). The molecule has 0 atom stereocenters. The van der Waals surface area contributed by atoms with Crippen LogP contribution in [0.5, 0.6) is 23.0 Å². The molecule has 0 fully saturated rings. The lowest BCUT2D eigenvalue weighted by Gasteiger charge is -2.36. The number of carbonyl (C=O) groups is 1. The number of phenolic OH excluding ortho intramolecular Hbond substituents is 2. The van der Waals surface area contributed by atoms with Gasteiger partial charge < -0.3 is 19.7 Å². The van der Waals surface area contributed by atoms with Gasteiger partial charge in [0.25, 0.3) is 0 Å². The minimum Gasteiger partial charge on any atom is -0.508 e. The Morgan fingerprint density at radius 2 is 1.39 bits per heavy atom. The van der Waals surface area contributed by atoms with Crippen LogP contribution in [0.15, 0.2) is 42.5 Å². The Hall–Kier alpha value is -3.68. The van der Waals surface area contributed by atoms with Gasteiger partial charge in [-0.2, -0.15) is 0 Å². The SMILES string of the molecule is O=C1OC2(c3ccc(O)cc3Oc3cc(O)ccc32)c2c(F)cc(F)c(F)c21. The summed E-state index contributed by atoms with van der Waals surface area (Å²) in [5.74, 6) is -5.84. The fraction of sp³-hybridized carbons (Fsp3) is 0.0500. The van der Waals surface area contributed by atoms with Gasteiger partial charge in [-0.3, -0.25) is 0 Å². The lowest BCUT2D eigenvalue weighted by molar-refractivity contribution is 0.0216. The minimum absolute atomic E-state index is 0.00267. The molecule has 0 radical (unpaired) electrons. The van der Waals surface area contributed by atoms with Crippen LogP contribution in [0.25, 0.3) is 0 Å². The first-order chi connectivity index (χ1) is 13.3. The van der Waals surface area contributed by atoms with Crippen molar-refractivity contribution >= 4 is 5.97 Å². The average Bonchev–Trinajstić information content (AvgIpc) is 2.93. The Morgan fingerprint density at radius 1 is 0.821 bits per heavy atom. The van der Waals surface area contributed by atoms with Crippen molar-refractivity contribution in [1.29, 1.82) is 0 Å². The Bertz CT molecular complexity index is 1150. The number of benzene rings is 3. The first-order valence-corrected chi connectivity index (χ1v) is 8.09. The van der Waals surface area contributed by atoms with Crippen LogP contribution in [0.2, 0.25) is 0 Å². The van der Waals surface area contributed by atoms with E-state index < -0.39 is 40.1 Å². The molecular formula is C20H9F3O5. The minimum atomic E-state index is -1.98. The van der Waals surface area contributed by atoms with Crippen LogP contribution in [0.3, 0.4) is 0 Å². The summed E-state index contributed by atoms with van der Waals surface area (Å²) in [6.45, 7) is 0. The average molecular weight is 386 g/mol. The molecule has 0 amide bonds. The highest BCUT2D eigenvalue weighted by Gasteiger charge is 2.56. The molecular weight excluding hydrogens is 377 g/mol. The number of fused-ring (bicyclic) bond motifs is 6. The quantitative estimate of drug-likeness (QED) is 0.450. The van der Waals surface area contributed by atoms with Crippen molar-refractivity contribution in [2.45, 2.75) is 5.60 Å². The molecule has 1 spiro atoms. The topological polar surface area (TPSA) is 76.0 Å². The van der Waals surface area contributed by atoms with Gasteiger partial charge >= 0.3 is 5.97 Å². The van der Waals surface area contributed by atoms with Crippen LogP contribution in [0.4, 0.5) is 13.2 Å². The van der Waals surface area contributed by atoms with Gasteiger partial charge in [0.05, 0.1) is 5.56 Å². The first kappa shape index (κ1) is 16.5. The Morgan fingerprint density at radius 3 is 1.96 bits per heavy atom. The second kappa shape index (κ2) is 5.19. The van der Waals surface area contributed by atoms with Gasteiger partial charge in [-0.1, -0.05) is 0 Å². The predicted molar refractivity (Wildman–Crippen MR) is 87.9 cm³/mol. The van der Waals surface area contributed by atoms with Crippen LogP contribution >= 0.6 is 0 Å². The third-order valence-corrected chi connectivity index (χ3v) is 4.88. The number of ether oxygens (including phenoxy) is 2. The van der Waals surface area contributed by atoms with E-state index in [4.69, 9.17) is 9.47 Å².